The second-order valence-corrected chi connectivity index (χ2v) is 5.99. The van der Waals surface area contributed by atoms with Crippen molar-refractivity contribution in [1.82, 2.24) is 10.7 Å². The van der Waals surface area contributed by atoms with Crippen LogP contribution < -0.4 is 20.2 Å². The Morgan fingerprint density at radius 3 is 2.73 bits per heavy atom. The third-order valence-corrected chi connectivity index (χ3v) is 4.10. The van der Waals surface area contributed by atoms with Gasteiger partial charge in [0.1, 0.15) is 13.2 Å². The van der Waals surface area contributed by atoms with E-state index in [0.29, 0.717) is 24.4 Å². The number of hydrogen-bond donors (Lipinski definition) is 2. The number of rotatable bonds is 3. The van der Waals surface area contributed by atoms with Gasteiger partial charge >= 0.3 is 0 Å². The van der Waals surface area contributed by atoms with Gasteiger partial charge < -0.3 is 14.8 Å². The summed E-state index contributed by atoms with van der Waals surface area (Å²) in [6.45, 7) is 1.18. The second kappa shape index (κ2) is 7.45. The average Bonchev–Trinajstić information content (AvgIpc) is 2.55. The monoisotopic (exact) mass is 319 g/mol. The summed E-state index contributed by atoms with van der Waals surface area (Å²) in [6, 6.07) is 6.24. The van der Waals surface area contributed by atoms with Crippen LogP contribution in [0.3, 0.4) is 0 Å². The zero-order valence-corrected chi connectivity index (χ0v) is 13.3. The molecule has 0 radical (unpaired) electrons. The topological polar surface area (TPSA) is 54.9 Å². The van der Waals surface area contributed by atoms with E-state index in [1.165, 1.54) is 32.1 Å². The van der Waals surface area contributed by atoms with Crippen LogP contribution in [0.4, 0.5) is 0 Å². The number of nitrogens with zero attached hydrogens (tertiary/aromatic N) is 1. The molecule has 0 amide bonds. The first-order valence-electron chi connectivity index (χ1n) is 7.80. The molecule has 1 aliphatic heterocycles. The molecule has 1 aromatic carbocycles. The Labute approximate surface area is 136 Å². The molecule has 5 nitrogen and oxygen atoms in total. The highest BCUT2D eigenvalue weighted by atomic mass is 32.1. The smallest absolute Gasteiger partial charge is 0.187 e. The molecule has 2 N–H and O–H groups in total. The predicted molar refractivity (Wildman–Crippen MR) is 90.8 cm³/mol. The molecule has 0 atom stereocenters. The molecule has 0 unspecified atom stereocenters. The zero-order valence-electron chi connectivity index (χ0n) is 12.5. The molecule has 0 bridgehead atoms. The summed E-state index contributed by atoms with van der Waals surface area (Å²) < 4.78 is 11.0. The number of hydrazone groups is 1. The Balaban J connectivity index is 1.50. The van der Waals surface area contributed by atoms with Crippen LogP contribution in [-0.4, -0.2) is 30.6 Å². The standard InChI is InChI=1S/C16H21N3O2S/c22-16(18-13-4-2-1-3-5-13)19-17-11-12-6-7-14-15(10-12)21-9-8-20-14/h6-7,10-11,13H,1-5,8-9H2,(H2,18,19,22)/b17-11-. The molecule has 0 aromatic heterocycles. The summed E-state index contributed by atoms with van der Waals surface area (Å²) in [5.41, 5.74) is 3.82. The van der Waals surface area contributed by atoms with E-state index in [1.54, 1.807) is 6.21 Å². The Bertz CT molecular complexity index is 556. The van der Waals surface area contributed by atoms with Crippen molar-refractivity contribution in [2.24, 2.45) is 5.10 Å². The number of hydrogen-bond acceptors (Lipinski definition) is 4. The van der Waals surface area contributed by atoms with E-state index < -0.39 is 0 Å². The highest BCUT2D eigenvalue weighted by molar-refractivity contribution is 7.80. The predicted octanol–water partition coefficient (Wildman–Crippen LogP) is 2.59. The van der Waals surface area contributed by atoms with Gasteiger partial charge in [0, 0.05) is 6.04 Å². The van der Waals surface area contributed by atoms with Crippen molar-refractivity contribution in [2.75, 3.05) is 13.2 Å². The van der Waals surface area contributed by atoms with Gasteiger partial charge in [0.25, 0.3) is 0 Å². The molecule has 118 valence electrons. The SMILES string of the molecule is S=C(N/N=C\c1ccc2c(c1)OCCO2)NC1CCCCC1. The zero-order chi connectivity index (χ0) is 15.2. The first kappa shape index (κ1) is 15.1. The molecule has 1 heterocycles. The lowest BCUT2D eigenvalue weighted by Gasteiger charge is -2.23. The second-order valence-electron chi connectivity index (χ2n) is 5.58. The number of thiocarbonyl (C=S) groups is 1. The van der Waals surface area contributed by atoms with Crippen LogP contribution in [0, 0.1) is 0 Å². The van der Waals surface area contributed by atoms with Gasteiger partial charge in [-0.1, -0.05) is 19.3 Å². The lowest BCUT2D eigenvalue weighted by Crippen LogP contribution is -2.40. The van der Waals surface area contributed by atoms with E-state index in [9.17, 15) is 0 Å². The van der Waals surface area contributed by atoms with E-state index in [4.69, 9.17) is 21.7 Å². The minimum atomic E-state index is 0.484. The molecule has 22 heavy (non-hydrogen) atoms. The van der Waals surface area contributed by atoms with Crippen LogP contribution in [0.5, 0.6) is 11.5 Å². The van der Waals surface area contributed by atoms with Gasteiger partial charge in [-0.3, -0.25) is 5.43 Å². The van der Waals surface area contributed by atoms with Gasteiger partial charge in [0.05, 0.1) is 6.21 Å². The van der Waals surface area contributed by atoms with E-state index in [1.807, 2.05) is 18.2 Å². The Morgan fingerprint density at radius 2 is 1.91 bits per heavy atom. The van der Waals surface area contributed by atoms with E-state index in [2.05, 4.69) is 15.8 Å². The Kier molecular flexibility index (Phi) is 5.11. The van der Waals surface area contributed by atoms with Crippen molar-refractivity contribution >= 4 is 23.5 Å². The summed E-state index contributed by atoms with van der Waals surface area (Å²) in [7, 11) is 0. The molecule has 1 saturated carbocycles. The van der Waals surface area contributed by atoms with E-state index >= 15 is 0 Å². The first-order chi connectivity index (χ1) is 10.8. The summed E-state index contributed by atoms with van der Waals surface area (Å²) >= 11 is 5.27. The van der Waals surface area contributed by atoms with Gasteiger partial charge in [-0.25, -0.2) is 0 Å². The summed E-state index contributed by atoms with van der Waals surface area (Å²) in [6.07, 6.45) is 8.00. The maximum Gasteiger partial charge on any atom is 0.187 e. The lowest BCUT2D eigenvalue weighted by atomic mass is 9.96. The quantitative estimate of drug-likeness (QED) is 0.509. The van der Waals surface area contributed by atoms with Crippen LogP contribution in [0.15, 0.2) is 23.3 Å². The third kappa shape index (κ3) is 4.10. The minimum absolute atomic E-state index is 0.484. The molecular weight excluding hydrogens is 298 g/mol. The van der Waals surface area contributed by atoms with Crippen molar-refractivity contribution in [3.63, 3.8) is 0 Å². The highest BCUT2D eigenvalue weighted by Crippen LogP contribution is 2.30. The lowest BCUT2D eigenvalue weighted by molar-refractivity contribution is 0.171. The van der Waals surface area contributed by atoms with Crippen LogP contribution in [0.1, 0.15) is 37.7 Å². The van der Waals surface area contributed by atoms with Crippen molar-refractivity contribution in [1.29, 1.82) is 0 Å². The van der Waals surface area contributed by atoms with Gasteiger partial charge in [-0.2, -0.15) is 5.10 Å². The fourth-order valence-corrected chi connectivity index (χ4v) is 2.99. The number of nitrogens with one attached hydrogen (secondary N) is 2. The first-order valence-corrected chi connectivity index (χ1v) is 8.21. The molecule has 1 fully saturated rings. The molecule has 1 aliphatic carbocycles. The van der Waals surface area contributed by atoms with Crippen LogP contribution in [-0.2, 0) is 0 Å². The minimum Gasteiger partial charge on any atom is -0.486 e. The normalized spacial score (nSPS) is 18.2. The highest BCUT2D eigenvalue weighted by Gasteiger charge is 2.13. The number of ether oxygens (including phenoxy) is 2. The largest absolute Gasteiger partial charge is 0.486 e. The van der Waals surface area contributed by atoms with Crippen molar-refractivity contribution < 1.29 is 9.47 Å². The van der Waals surface area contributed by atoms with Gasteiger partial charge in [0.15, 0.2) is 16.6 Å². The fraction of sp³-hybridized carbons (Fsp3) is 0.500. The molecule has 2 aliphatic rings. The van der Waals surface area contributed by atoms with Crippen LogP contribution in [0.25, 0.3) is 0 Å². The summed E-state index contributed by atoms with van der Waals surface area (Å²) in [5, 5.41) is 8.08. The molecule has 0 saturated heterocycles. The Morgan fingerprint density at radius 1 is 1.14 bits per heavy atom. The molecule has 3 rings (SSSR count). The third-order valence-electron chi connectivity index (χ3n) is 3.89. The Hall–Kier alpha value is -1.82. The van der Waals surface area contributed by atoms with E-state index in [0.717, 1.165) is 17.1 Å². The van der Waals surface area contributed by atoms with Gasteiger partial charge in [-0.05, 0) is 48.8 Å². The van der Waals surface area contributed by atoms with Gasteiger partial charge in [0.2, 0.25) is 0 Å². The molecule has 0 spiro atoms. The average molecular weight is 319 g/mol. The van der Waals surface area contributed by atoms with Crippen molar-refractivity contribution in [2.45, 2.75) is 38.1 Å². The van der Waals surface area contributed by atoms with Gasteiger partial charge in [-0.15, -0.1) is 0 Å². The summed E-state index contributed by atoms with van der Waals surface area (Å²) in [4.78, 5) is 0. The molecule has 1 aromatic rings. The maximum absolute atomic E-state index is 5.55. The number of benzene rings is 1. The molecular formula is C16H21N3O2S. The summed E-state index contributed by atoms with van der Waals surface area (Å²) in [5.74, 6) is 1.55. The maximum atomic E-state index is 5.55. The van der Waals surface area contributed by atoms with Crippen molar-refractivity contribution in [3.05, 3.63) is 23.8 Å². The van der Waals surface area contributed by atoms with Crippen LogP contribution >= 0.6 is 12.2 Å². The molecule has 6 heteroatoms. The van der Waals surface area contributed by atoms with Crippen molar-refractivity contribution in [3.8, 4) is 11.5 Å². The van der Waals surface area contributed by atoms with Crippen LogP contribution in [0.2, 0.25) is 0 Å². The number of fused-ring (bicyclic) bond motifs is 1. The van der Waals surface area contributed by atoms with E-state index in [-0.39, 0.29) is 0 Å². The fourth-order valence-electron chi connectivity index (χ4n) is 2.77.